The van der Waals surface area contributed by atoms with Gasteiger partial charge in [0.25, 0.3) is 0 Å². The molecule has 0 aliphatic carbocycles. The van der Waals surface area contributed by atoms with Gasteiger partial charge in [-0.15, -0.1) is 22.7 Å². The van der Waals surface area contributed by atoms with Crippen molar-refractivity contribution in [2.24, 2.45) is 5.92 Å². The Kier molecular flexibility index (Phi) is 5.54. The molecule has 0 aliphatic rings. The fraction of sp³-hybridized carbons (Fsp3) is 0.600. The number of aromatic nitrogens is 2. The maximum absolute atomic E-state index is 4.65. The van der Waals surface area contributed by atoms with E-state index in [4.69, 9.17) is 0 Å². The lowest BCUT2D eigenvalue weighted by molar-refractivity contribution is 0.637. The first-order chi connectivity index (χ1) is 9.63. The van der Waals surface area contributed by atoms with Crippen LogP contribution < -0.4 is 5.32 Å². The second-order valence-corrected chi connectivity index (χ2v) is 7.31. The van der Waals surface area contributed by atoms with Crippen LogP contribution in [0.25, 0.3) is 10.6 Å². The highest BCUT2D eigenvalue weighted by atomic mass is 32.1. The zero-order chi connectivity index (χ0) is 14.5. The largest absolute Gasteiger partial charge is 0.361 e. The summed E-state index contributed by atoms with van der Waals surface area (Å²) in [6.07, 6.45) is 4.28. The molecule has 2 aromatic rings. The highest BCUT2D eigenvalue weighted by Gasteiger charge is 2.14. The predicted molar refractivity (Wildman–Crippen MR) is 89.9 cm³/mol. The Morgan fingerprint density at radius 3 is 2.65 bits per heavy atom. The molecule has 0 aliphatic heterocycles. The molecule has 3 nitrogen and oxygen atoms in total. The van der Waals surface area contributed by atoms with Gasteiger partial charge in [0.1, 0.15) is 0 Å². The van der Waals surface area contributed by atoms with Crippen molar-refractivity contribution in [2.75, 3.05) is 11.9 Å². The first-order valence-electron chi connectivity index (χ1n) is 7.29. The van der Waals surface area contributed by atoms with Gasteiger partial charge in [-0.1, -0.05) is 27.7 Å². The molecular formula is C15H23N3S2. The molecule has 0 amide bonds. The lowest BCUT2D eigenvalue weighted by atomic mass is 10.1. The van der Waals surface area contributed by atoms with E-state index in [0.29, 0.717) is 11.8 Å². The van der Waals surface area contributed by atoms with Crippen molar-refractivity contribution in [1.29, 1.82) is 0 Å². The smallest absolute Gasteiger partial charge is 0.183 e. The molecule has 1 N–H and O–H groups in total. The van der Waals surface area contributed by atoms with Crippen LogP contribution in [0.4, 0.5) is 5.13 Å². The first-order valence-corrected chi connectivity index (χ1v) is 8.99. The summed E-state index contributed by atoms with van der Waals surface area (Å²) >= 11 is 3.46. The van der Waals surface area contributed by atoms with Crippen molar-refractivity contribution in [3.05, 3.63) is 16.6 Å². The van der Waals surface area contributed by atoms with E-state index in [-0.39, 0.29) is 0 Å². The van der Waals surface area contributed by atoms with Gasteiger partial charge in [0, 0.05) is 24.0 Å². The van der Waals surface area contributed by atoms with E-state index in [2.05, 4.69) is 48.4 Å². The van der Waals surface area contributed by atoms with E-state index in [0.717, 1.165) is 30.2 Å². The molecule has 0 atom stereocenters. The van der Waals surface area contributed by atoms with Crippen LogP contribution in [0.3, 0.4) is 0 Å². The van der Waals surface area contributed by atoms with Crippen LogP contribution >= 0.6 is 22.7 Å². The van der Waals surface area contributed by atoms with Gasteiger partial charge in [0.15, 0.2) is 5.13 Å². The molecule has 0 saturated carbocycles. The molecule has 0 saturated heterocycles. The van der Waals surface area contributed by atoms with E-state index >= 15 is 0 Å². The van der Waals surface area contributed by atoms with Gasteiger partial charge in [-0.3, -0.25) is 0 Å². The lowest BCUT2D eigenvalue weighted by Gasteiger charge is -2.06. The van der Waals surface area contributed by atoms with Crippen molar-refractivity contribution < 1.29 is 0 Å². The average Bonchev–Trinajstić information content (AvgIpc) is 3.06. The summed E-state index contributed by atoms with van der Waals surface area (Å²) in [6.45, 7) is 9.83. The van der Waals surface area contributed by atoms with Crippen LogP contribution in [0.1, 0.15) is 51.5 Å². The van der Waals surface area contributed by atoms with Crippen LogP contribution in [0.15, 0.2) is 11.6 Å². The summed E-state index contributed by atoms with van der Waals surface area (Å²) < 4.78 is 0. The highest BCUT2D eigenvalue weighted by molar-refractivity contribution is 7.16. The van der Waals surface area contributed by atoms with Gasteiger partial charge in [0.05, 0.1) is 15.6 Å². The molecule has 2 aromatic heterocycles. The highest BCUT2D eigenvalue weighted by Crippen LogP contribution is 2.34. The molecular weight excluding hydrogens is 286 g/mol. The third-order valence-electron chi connectivity index (χ3n) is 3.28. The molecule has 20 heavy (non-hydrogen) atoms. The first kappa shape index (κ1) is 15.4. The second-order valence-electron chi connectivity index (χ2n) is 5.39. The summed E-state index contributed by atoms with van der Waals surface area (Å²) in [6, 6.07) is 0. The minimum absolute atomic E-state index is 0.589. The number of rotatable bonds is 7. The summed E-state index contributed by atoms with van der Waals surface area (Å²) in [7, 11) is 0. The number of thiazole rings is 2. The Morgan fingerprint density at radius 2 is 2.00 bits per heavy atom. The second kappa shape index (κ2) is 7.18. The molecule has 0 aromatic carbocycles. The number of hydrogen-bond acceptors (Lipinski definition) is 5. The van der Waals surface area contributed by atoms with E-state index < -0.39 is 0 Å². The molecule has 0 fully saturated rings. The maximum atomic E-state index is 4.65. The lowest BCUT2D eigenvalue weighted by Crippen LogP contribution is -2.07. The fourth-order valence-corrected chi connectivity index (χ4v) is 3.93. The third-order valence-corrected chi connectivity index (χ3v) is 5.26. The van der Waals surface area contributed by atoms with Gasteiger partial charge < -0.3 is 5.32 Å². The molecule has 2 heterocycles. The monoisotopic (exact) mass is 309 g/mol. The summed E-state index contributed by atoms with van der Waals surface area (Å²) in [5.41, 5.74) is 1.05. The van der Waals surface area contributed by atoms with Gasteiger partial charge in [-0.05, 0) is 18.8 Å². The zero-order valence-corrected chi connectivity index (χ0v) is 14.3. The summed E-state index contributed by atoms with van der Waals surface area (Å²) in [5, 5.41) is 7.75. The van der Waals surface area contributed by atoms with Gasteiger partial charge in [-0.25, -0.2) is 9.97 Å². The van der Waals surface area contributed by atoms with Crippen molar-refractivity contribution >= 4 is 27.8 Å². The molecule has 0 bridgehead atoms. The van der Waals surface area contributed by atoms with Gasteiger partial charge in [-0.2, -0.15) is 0 Å². The van der Waals surface area contributed by atoms with Crippen LogP contribution in [0, 0.1) is 5.92 Å². The van der Waals surface area contributed by atoms with E-state index in [1.165, 1.54) is 9.88 Å². The molecule has 0 spiro atoms. The molecule has 110 valence electrons. The molecule has 2 rings (SSSR count). The normalized spacial score (nSPS) is 11.5. The van der Waals surface area contributed by atoms with Crippen LogP contribution in [0.2, 0.25) is 0 Å². The van der Waals surface area contributed by atoms with Crippen LogP contribution in [0.5, 0.6) is 0 Å². The van der Waals surface area contributed by atoms with E-state index in [9.17, 15) is 0 Å². The number of anilines is 1. The van der Waals surface area contributed by atoms with Crippen LogP contribution in [-0.2, 0) is 0 Å². The van der Waals surface area contributed by atoms with Gasteiger partial charge >= 0.3 is 0 Å². The van der Waals surface area contributed by atoms with Crippen molar-refractivity contribution in [1.82, 2.24) is 9.97 Å². The number of nitrogens with zero attached hydrogens (tertiary/aromatic N) is 2. The molecule has 0 radical (unpaired) electrons. The Labute approximate surface area is 129 Å². The Hall–Kier alpha value is -0.940. The molecule has 5 heteroatoms. The molecule has 0 unspecified atom stereocenters. The maximum Gasteiger partial charge on any atom is 0.183 e. The minimum Gasteiger partial charge on any atom is -0.361 e. The quantitative estimate of drug-likeness (QED) is 0.760. The minimum atomic E-state index is 0.589. The number of nitrogens with one attached hydrogen (secondary N) is 1. The summed E-state index contributed by atoms with van der Waals surface area (Å²) in [5.74, 6) is 1.22. The van der Waals surface area contributed by atoms with Gasteiger partial charge in [0.2, 0.25) is 0 Å². The fourth-order valence-electron chi connectivity index (χ4n) is 1.99. The van der Waals surface area contributed by atoms with Crippen LogP contribution in [-0.4, -0.2) is 16.5 Å². The number of hydrogen-bond donors (Lipinski definition) is 1. The third kappa shape index (κ3) is 3.79. The Balaban J connectivity index is 2.08. The Bertz CT molecular complexity index is 527. The topological polar surface area (TPSA) is 37.8 Å². The van der Waals surface area contributed by atoms with Crippen molar-refractivity contribution in [3.63, 3.8) is 0 Å². The van der Waals surface area contributed by atoms with E-state index in [1.807, 2.05) is 6.20 Å². The van der Waals surface area contributed by atoms with Crippen molar-refractivity contribution in [2.45, 2.75) is 46.5 Å². The zero-order valence-electron chi connectivity index (χ0n) is 12.6. The predicted octanol–water partition coefficient (Wildman–Crippen LogP) is 5.24. The standard InChI is InChI=1S/C15H23N3S2/c1-5-11(6-2)14-16-8-13(20-14)12-9-19-15(18-12)17-7-10(3)4/h8-11H,5-7H2,1-4H3,(H,17,18). The SMILES string of the molecule is CCC(CC)c1ncc(-c2csc(NCC(C)C)n2)s1. The Morgan fingerprint density at radius 1 is 1.25 bits per heavy atom. The van der Waals surface area contributed by atoms with E-state index in [1.54, 1.807) is 22.7 Å². The average molecular weight is 310 g/mol. The van der Waals surface area contributed by atoms with Crippen molar-refractivity contribution in [3.8, 4) is 10.6 Å². The summed E-state index contributed by atoms with van der Waals surface area (Å²) in [4.78, 5) is 10.4.